The van der Waals surface area contributed by atoms with Crippen LogP contribution in [0.2, 0.25) is 0 Å². The van der Waals surface area contributed by atoms with Gasteiger partial charge in [-0.25, -0.2) is 0 Å². The molecule has 0 bridgehead atoms. The summed E-state index contributed by atoms with van der Waals surface area (Å²) in [7, 11) is 3.07. The number of aliphatic hydroxyl groups is 1. The molecule has 27 heavy (non-hydrogen) atoms. The van der Waals surface area contributed by atoms with Gasteiger partial charge in [-0.3, -0.25) is 9.69 Å². The zero-order chi connectivity index (χ0) is 19.8. The van der Waals surface area contributed by atoms with Crippen LogP contribution in [0.4, 0.5) is 0 Å². The van der Waals surface area contributed by atoms with Gasteiger partial charge in [-0.15, -0.1) is 0 Å². The minimum absolute atomic E-state index is 0.197. The lowest BCUT2D eigenvalue weighted by molar-refractivity contribution is 0.0937. The zero-order valence-electron chi connectivity index (χ0n) is 17.1. The first-order chi connectivity index (χ1) is 13.0. The zero-order valence-corrected chi connectivity index (χ0v) is 17.1. The van der Waals surface area contributed by atoms with Crippen molar-refractivity contribution in [2.45, 2.75) is 58.1 Å². The number of likely N-dealkylation sites (tertiary alicyclic amines) is 1. The number of methoxy groups -OCH3 is 2. The molecule has 1 fully saturated rings. The predicted molar refractivity (Wildman–Crippen MR) is 107 cm³/mol. The highest BCUT2D eigenvalue weighted by atomic mass is 16.5. The highest BCUT2D eigenvalue weighted by Crippen LogP contribution is 2.35. The van der Waals surface area contributed by atoms with Crippen molar-refractivity contribution in [3.63, 3.8) is 0 Å². The number of nitrogens with one attached hydrogen (secondary N) is 1. The van der Waals surface area contributed by atoms with Crippen molar-refractivity contribution < 1.29 is 19.4 Å². The standard InChI is InChI=1S/C21H34N2O4/c1-5-7-10-18(24)15-12-17(20(27-4)19(13-15)26-3)21(25)22-14-16-9-8-11-23(16)6-2/h12-13,16,18,24H,5-11,14H2,1-4H3,(H,22,25)/t16-,18-/m0/s1. The van der Waals surface area contributed by atoms with Crippen LogP contribution in [-0.2, 0) is 0 Å². The third kappa shape index (κ3) is 5.36. The average Bonchev–Trinajstić information content (AvgIpc) is 3.16. The topological polar surface area (TPSA) is 71.0 Å². The largest absolute Gasteiger partial charge is 0.493 e. The van der Waals surface area contributed by atoms with Gasteiger partial charge in [0.2, 0.25) is 0 Å². The van der Waals surface area contributed by atoms with Crippen molar-refractivity contribution >= 4 is 5.91 Å². The Labute approximate surface area is 162 Å². The Morgan fingerprint density at radius 2 is 2.11 bits per heavy atom. The number of aliphatic hydroxyl groups excluding tert-OH is 1. The van der Waals surface area contributed by atoms with E-state index in [2.05, 4.69) is 24.1 Å². The summed E-state index contributed by atoms with van der Waals surface area (Å²) in [5.74, 6) is 0.671. The van der Waals surface area contributed by atoms with Gasteiger partial charge < -0.3 is 19.9 Å². The molecule has 152 valence electrons. The lowest BCUT2D eigenvalue weighted by atomic mass is 10.00. The van der Waals surface area contributed by atoms with Crippen molar-refractivity contribution in [2.75, 3.05) is 33.9 Å². The molecule has 2 N–H and O–H groups in total. The Hall–Kier alpha value is -1.79. The highest BCUT2D eigenvalue weighted by molar-refractivity contribution is 5.98. The molecule has 1 aliphatic rings. The van der Waals surface area contributed by atoms with Gasteiger partial charge in [0, 0.05) is 12.6 Å². The number of nitrogens with zero attached hydrogens (tertiary/aromatic N) is 1. The van der Waals surface area contributed by atoms with E-state index in [4.69, 9.17) is 9.47 Å². The van der Waals surface area contributed by atoms with Gasteiger partial charge >= 0.3 is 0 Å². The van der Waals surface area contributed by atoms with Crippen LogP contribution in [0.15, 0.2) is 12.1 Å². The third-order valence-electron chi connectivity index (χ3n) is 5.37. The number of benzene rings is 1. The summed E-state index contributed by atoms with van der Waals surface area (Å²) in [6.07, 6.45) is 4.23. The first kappa shape index (κ1) is 21.5. The minimum Gasteiger partial charge on any atom is -0.493 e. The molecule has 1 saturated heterocycles. The van der Waals surface area contributed by atoms with Crippen LogP contribution in [0.1, 0.15) is 68.0 Å². The van der Waals surface area contributed by atoms with Crippen molar-refractivity contribution in [3.05, 3.63) is 23.3 Å². The summed E-state index contributed by atoms with van der Waals surface area (Å²) in [6.45, 7) is 6.93. The van der Waals surface area contributed by atoms with Gasteiger partial charge in [0.25, 0.3) is 5.91 Å². The summed E-state index contributed by atoms with van der Waals surface area (Å²) in [5.41, 5.74) is 1.09. The van der Waals surface area contributed by atoms with Crippen LogP contribution >= 0.6 is 0 Å². The van der Waals surface area contributed by atoms with Crippen LogP contribution in [0, 0.1) is 0 Å². The first-order valence-electron chi connectivity index (χ1n) is 10.0. The Bertz CT molecular complexity index is 620. The van der Waals surface area contributed by atoms with Crippen LogP contribution in [0.3, 0.4) is 0 Å². The molecule has 0 aromatic heterocycles. The molecule has 0 spiro atoms. The number of likely N-dealkylation sites (N-methyl/N-ethyl adjacent to an activating group) is 1. The van der Waals surface area contributed by atoms with Crippen molar-refractivity contribution in [3.8, 4) is 11.5 Å². The van der Waals surface area contributed by atoms with Gasteiger partial charge in [0.15, 0.2) is 11.5 Å². The molecule has 0 aliphatic carbocycles. The van der Waals surface area contributed by atoms with Crippen LogP contribution < -0.4 is 14.8 Å². The molecule has 0 radical (unpaired) electrons. The van der Waals surface area contributed by atoms with Gasteiger partial charge in [0.05, 0.1) is 25.9 Å². The Morgan fingerprint density at radius 1 is 1.33 bits per heavy atom. The normalized spacial score (nSPS) is 18.3. The number of hydrogen-bond donors (Lipinski definition) is 2. The van der Waals surface area contributed by atoms with Gasteiger partial charge in [0.1, 0.15) is 0 Å². The summed E-state index contributed by atoms with van der Waals surface area (Å²) in [6, 6.07) is 3.86. The van der Waals surface area contributed by atoms with Crippen LogP contribution in [0.5, 0.6) is 11.5 Å². The van der Waals surface area contributed by atoms with E-state index in [1.54, 1.807) is 19.2 Å². The second kappa shape index (κ2) is 10.5. The second-order valence-corrected chi connectivity index (χ2v) is 7.10. The summed E-state index contributed by atoms with van der Waals surface area (Å²) in [4.78, 5) is 15.3. The molecule has 1 aliphatic heterocycles. The van der Waals surface area contributed by atoms with E-state index in [-0.39, 0.29) is 5.91 Å². The van der Waals surface area contributed by atoms with Gasteiger partial charge in [-0.2, -0.15) is 0 Å². The molecule has 1 heterocycles. The number of hydrogen-bond acceptors (Lipinski definition) is 5. The number of ether oxygens (including phenoxy) is 2. The molecule has 1 aromatic rings. The number of amides is 1. The predicted octanol–water partition coefficient (Wildman–Crippen LogP) is 3.14. The smallest absolute Gasteiger partial charge is 0.255 e. The van der Waals surface area contributed by atoms with Crippen molar-refractivity contribution in [2.24, 2.45) is 0 Å². The quantitative estimate of drug-likeness (QED) is 0.654. The van der Waals surface area contributed by atoms with E-state index < -0.39 is 6.10 Å². The summed E-state index contributed by atoms with van der Waals surface area (Å²) in [5, 5.41) is 13.5. The van der Waals surface area contributed by atoms with E-state index >= 15 is 0 Å². The van der Waals surface area contributed by atoms with Gasteiger partial charge in [-0.1, -0.05) is 26.7 Å². The lowest BCUT2D eigenvalue weighted by Crippen LogP contribution is -2.40. The summed E-state index contributed by atoms with van der Waals surface area (Å²) >= 11 is 0. The molecule has 0 unspecified atom stereocenters. The van der Waals surface area contributed by atoms with Crippen LogP contribution in [0.25, 0.3) is 0 Å². The maximum atomic E-state index is 12.9. The number of carbonyl (C=O) groups excluding carboxylic acids is 1. The molecule has 1 aromatic carbocycles. The lowest BCUT2D eigenvalue weighted by Gasteiger charge is -2.23. The fourth-order valence-corrected chi connectivity index (χ4v) is 3.76. The molecular formula is C21H34N2O4. The molecule has 0 saturated carbocycles. The van der Waals surface area contributed by atoms with E-state index in [9.17, 15) is 9.90 Å². The molecule has 2 atom stereocenters. The molecular weight excluding hydrogens is 344 g/mol. The Kier molecular flexibility index (Phi) is 8.38. The first-order valence-corrected chi connectivity index (χ1v) is 10.0. The third-order valence-corrected chi connectivity index (χ3v) is 5.37. The monoisotopic (exact) mass is 378 g/mol. The summed E-state index contributed by atoms with van der Waals surface area (Å²) < 4.78 is 10.9. The average molecular weight is 379 g/mol. The number of rotatable bonds is 10. The van der Waals surface area contributed by atoms with Gasteiger partial charge in [-0.05, 0) is 50.0 Å². The number of unbranched alkanes of at least 4 members (excludes halogenated alkanes) is 1. The van der Waals surface area contributed by atoms with E-state index in [1.807, 2.05) is 0 Å². The highest BCUT2D eigenvalue weighted by Gasteiger charge is 2.25. The van der Waals surface area contributed by atoms with E-state index in [0.717, 1.165) is 32.4 Å². The van der Waals surface area contributed by atoms with Crippen LogP contribution in [-0.4, -0.2) is 55.8 Å². The molecule has 2 rings (SSSR count). The number of carbonyl (C=O) groups is 1. The Balaban J connectivity index is 2.20. The van der Waals surface area contributed by atoms with E-state index in [1.165, 1.54) is 13.5 Å². The van der Waals surface area contributed by atoms with E-state index in [0.29, 0.717) is 41.6 Å². The fraction of sp³-hybridized carbons (Fsp3) is 0.667. The maximum Gasteiger partial charge on any atom is 0.255 e. The maximum absolute atomic E-state index is 12.9. The SMILES string of the molecule is CCCC[C@H](O)c1cc(OC)c(OC)c(C(=O)NC[C@@H]2CCCN2CC)c1. The fourth-order valence-electron chi connectivity index (χ4n) is 3.76. The molecule has 6 heteroatoms. The Morgan fingerprint density at radius 3 is 2.74 bits per heavy atom. The second-order valence-electron chi connectivity index (χ2n) is 7.10. The molecule has 1 amide bonds. The molecule has 6 nitrogen and oxygen atoms in total. The van der Waals surface area contributed by atoms with Crippen molar-refractivity contribution in [1.29, 1.82) is 0 Å². The minimum atomic E-state index is -0.623. The van der Waals surface area contributed by atoms with Crippen molar-refractivity contribution in [1.82, 2.24) is 10.2 Å².